The molecule has 2 fully saturated rings. The number of nitrogens with one attached hydrogen (secondary N) is 1. The Kier molecular flexibility index (Phi) is 7.54. The van der Waals surface area contributed by atoms with E-state index in [1.54, 1.807) is 12.1 Å². The summed E-state index contributed by atoms with van der Waals surface area (Å²) in [5.74, 6) is 0.814. The number of sulfonamides is 1. The molecular weight excluding hydrogens is 390 g/mol. The van der Waals surface area contributed by atoms with Gasteiger partial charge in [-0.1, -0.05) is 13.3 Å². The van der Waals surface area contributed by atoms with Crippen molar-refractivity contribution < 1.29 is 17.9 Å². The predicted molar refractivity (Wildman–Crippen MR) is 114 cm³/mol. The lowest BCUT2D eigenvalue weighted by Gasteiger charge is -2.30. The molecule has 1 amide bonds. The van der Waals surface area contributed by atoms with Gasteiger partial charge in [-0.15, -0.1) is 0 Å². The van der Waals surface area contributed by atoms with Crippen LogP contribution in [0.2, 0.25) is 0 Å². The molecule has 2 aliphatic heterocycles. The van der Waals surface area contributed by atoms with Crippen LogP contribution in [0.15, 0.2) is 23.1 Å². The number of anilines is 1. The molecular formula is C21H33N3O4S. The van der Waals surface area contributed by atoms with Crippen molar-refractivity contribution in [2.45, 2.75) is 50.8 Å². The van der Waals surface area contributed by atoms with Crippen molar-refractivity contribution in [2.24, 2.45) is 5.92 Å². The number of amides is 1. The first-order valence-corrected chi connectivity index (χ1v) is 12.1. The Balaban J connectivity index is 1.76. The molecule has 2 aliphatic rings. The maximum absolute atomic E-state index is 13.2. The van der Waals surface area contributed by atoms with E-state index in [1.807, 2.05) is 6.92 Å². The second kappa shape index (κ2) is 9.91. The summed E-state index contributed by atoms with van der Waals surface area (Å²) in [5, 5.41) is 2.87. The standard InChI is InChI=1S/C21H33N3O4S/c1-3-28-19-10-9-18(22-21(25)16-23-11-7-8-17(2)15-23)14-20(19)29(26,27)24-12-5-4-6-13-24/h9-10,14,17H,3-8,11-13,15-16H2,1-2H3,(H,22,25)/t17-/m1/s1. The molecule has 1 aromatic rings. The fourth-order valence-electron chi connectivity index (χ4n) is 4.14. The summed E-state index contributed by atoms with van der Waals surface area (Å²) in [6, 6.07) is 4.88. The number of carbonyl (C=O) groups is 1. The fraction of sp³-hybridized carbons (Fsp3) is 0.667. The van der Waals surface area contributed by atoms with Gasteiger partial charge in [0.15, 0.2) is 0 Å². The molecule has 0 saturated carbocycles. The highest BCUT2D eigenvalue weighted by molar-refractivity contribution is 7.89. The van der Waals surface area contributed by atoms with E-state index in [0.29, 0.717) is 43.6 Å². The van der Waals surface area contributed by atoms with Gasteiger partial charge in [0.05, 0.1) is 13.2 Å². The van der Waals surface area contributed by atoms with E-state index in [4.69, 9.17) is 4.74 Å². The quantitative estimate of drug-likeness (QED) is 0.729. The lowest BCUT2D eigenvalue weighted by molar-refractivity contribution is -0.117. The van der Waals surface area contributed by atoms with E-state index < -0.39 is 10.0 Å². The van der Waals surface area contributed by atoms with Crippen LogP contribution < -0.4 is 10.1 Å². The maximum Gasteiger partial charge on any atom is 0.246 e. The smallest absolute Gasteiger partial charge is 0.246 e. The Labute approximate surface area is 174 Å². The van der Waals surface area contributed by atoms with E-state index in [0.717, 1.165) is 38.8 Å². The maximum atomic E-state index is 13.2. The first kappa shape index (κ1) is 22.1. The van der Waals surface area contributed by atoms with Gasteiger partial charge in [-0.05, 0) is 63.3 Å². The third kappa shape index (κ3) is 5.71. The molecule has 0 unspecified atom stereocenters. The monoisotopic (exact) mass is 423 g/mol. The van der Waals surface area contributed by atoms with Crippen molar-refractivity contribution in [3.05, 3.63) is 18.2 Å². The van der Waals surface area contributed by atoms with E-state index in [-0.39, 0.29) is 10.8 Å². The number of piperidine rings is 2. The second-order valence-corrected chi connectivity index (χ2v) is 10.00. The average Bonchev–Trinajstić information content (AvgIpc) is 2.70. The van der Waals surface area contributed by atoms with E-state index in [2.05, 4.69) is 17.1 Å². The highest BCUT2D eigenvalue weighted by atomic mass is 32.2. The topological polar surface area (TPSA) is 79.0 Å². The minimum Gasteiger partial charge on any atom is -0.492 e. The third-order valence-electron chi connectivity index (χ3n) is 5.57. The third-order valence-corrected chi connectivity index (χ3v) is 7.49. The van der Waals surface area contributed by atoms with Gasteiger partial charge in [0.2, 0.25) is 15.9 Å². The van der Waals surface area contributed by atoms with Gasteiger partial charge in [-0.2, -0.15) is 4.31 Å². The molecule has 0 aliphatic carbocycles. The van der Waals surface area contributed by atoms with Gasteiger partial charge >= 0.3 is 0 Å². The lowest BCUT2D eigenvalue weighted by atomic mass is 10.0. The summed E-state index contributed by atoms with van der Waals surface area (Å²) in [7, 11) is -3.66. The molecule has 2 heterocycles. The van der Waals surface area contributed by atoms with Gasteiger partial charge in [-0.25, -0.2) is 8.42 Å². The van der Waals surface area contributed by atoms with E-state index >= 15 is 0 Å². The van der Waals surface area contributed by atoms with Gasteiger partial charge in [-0.3, -0.25) is 9.69 Å². The first-order valence-electron chi connectivity index (χ1n) is 10.7. The Bertz CT molecular complexity index is 806. The summed E-state index contributed by atoms with van der Waals surface area (Å²) < 4.78 is 33.5. The van der Waals surface area contributed by atoms with Crippen molar-refractivity contribution in [2.75, 3.05) is 44.6 Å². The molecule has 162 valence electrons. The number of hydrogen-bond acceptors (Lipinski definition) is 5. The molecule has 0 bridgehead atoms. The first-order chi connectivity index (χ1) is 13.9. The van der Waals surface area contributed by atoms with Crippen LogP contribution in [0.1, 0.15) is 46.0 Å². The van der Waals surface area contributed by atoms with Crippen LogP contribution in [-0.2, 0) is 14.8 Å². The van der Waals surface area contributed by atoms with Crippen LogP contribution in [0.25, 0.3) is 0 Å². The number of benzene rings is 1. The largest absolute Gasteiger partial charge is 0.492 e. The van der Waals surface area contributed by atoms with Crippen molar-refractivity contribution in [3.8, 4) is 5.75 Å². The van der Waals surface area contributed by atoms with Gasteiger partial charge in [0.1, 0.15) is 10.6 Å². The summed E-state index contributed by atoms with van der Waals surface area (Å²) in [6.07, 6.45) is 5.10. The van der Waals surface area contributed by atoms with Gasteiger partial charge in [0.25, 0.3) is 0 Å². The molecule has 29 heavy (non-hydrogen) atoms. The molecule has 0 spiro atoms. The Morgan fingerprint density at radius 3 is 2.62 bits per heavy atom. The zero-order valence-corrected chi connectivity index (χ0v) is 18.3. The molecule has 3 rings (SSSR count). The van der Waals surface area contributed by atoms with Gasteiger partial charge < -0.3 is 10.1 Å². The number of rotatable bonds is 7. The van der Waals surface area contributed by atoms with Crippen molar-refractivity contribution >= 4 is 21.6 Å². The summed E-state index contributed by atoms with van der Waals surface area (Å²) in [4.78, 5) is 14.8. The Morgan fingerprint density at radius 1 is 1.17 bits per heavy atom. The van der Waals surface area contributed by atoms with Crippen molar-refractivity contribution in [1.29, 1.82) is 0 Å². The fourth-order valence-corrected chi connectivity index (χ4v) is 5.81. The van der Waals surface area contributed by atoms with Crippen LogP contribution >= 0.6 is 0 Å². The molecule has 1 aromatic carbocycles. The highest BCUT2D eigenvalue weighted by Crippen LogP contribution is 2.31. The zero-order chi connectivity index (χ0) is 20.9. The highest BCUT2D eigenvalue weighted by Gasteiger charge is 2.29. The van der Waals surface area contributed by atoms with Crippen molar-refractivity contribution in [3.63, 3.8) is 0 Å². The van der Waals surface area contributed by atoms with Gasteiger partial charge in [0, 0.05) is 25.3 Å². The van der Waals surface area contributed by atoms with E-state index in [9.17, 15) is 13.2 Å². The normalized spacial score (nSPS) is 21.7. The zero-order valence-electron chi connectivity index (χ0n) is 17.5. The molecule has 1 N–H and O–H groups in total. The predicted octanol–water partition coefficient (Wildman–Crippen LogP) is 2.93. The molecule has 8 heteroatoms. The van der Waals surface area contributed by atoms with Crippen molar-refractivity contribution in [1.82, 2.24) is 9.21 Å². The van der Waals surface area contributed by atoms with E-state index in [1.165, 1.54) is 16.8 Å². The van der Waals surface area contributed by atoms with Crippen LogP contribution in [0.5, 0.6) is 5.75 Å². The summed E-state index contributed by atoms with van der Waals surface area (Å²) >= 11 is 0. The number of nitrogens with zero attached hydrogens (tertiary/aromatic N) is 2. The lowest BCUT2D eigenvalue weighted by Crippen LogP contribution is -2.39. The Morgan fingerprint density at radius 2 is 1.93 bits per heavy atom. The summed E-state index contributed by atoms with van der Waals surface area (Å²) in [5.41, 5.74) is 0.485. The van der Waals surface area contributed by atoms with Crippen LogP contribution in [0.3, 0.4) is 0 Å². The summed E-state index contributed by atoms with van der Waals surface area (Å²) in [6.45, 7) is 7.63. The van der Waals surface area contributed by atoms with Crippen LogP contribution in [0.4, 0.5) is 5.69 Å². The second-order valence-electron chi connectivity index (χ2n) is 8.09. The molecule has 2 saturated heterocycles. The minimum atomic E-state index is -3.66. The molecule has 1 atom stereocenters. The molecule has 7 nitrogen and oxygen atoms in total. The number of ether oxygens (including phenoxy) is 1. The van der Waals surface area contributed by atoms with Crippen LogP contribution in [-0.4, -0.2) is 62.9 Å². The molecule has 0 aromatic heterocycles. The molecule has 0 radical (unpaired) electrons. The Hall–Kier alpha value is -1.64. The van der Waals surface area contributed by atoms with Crippen LogP contribution in [0, 0.1) is 5.92 Å². The minimum absolute atomic E-state index is 0.121. The SMILES string of the molecule is CCOc1ccc(NC(=O)CN2CCC[C@@H](C)C2)cc1S(=O)(=O)N1CCCCC1. The average molecular weight is 424 g/mol. The number of hydrogen-bond donors (Lipinski definition) is 1. The number of likely N-dealkylation sites (tertiary alicyclic amines) is 1. The number of carbonyl (C=O) groups excluding carboxylic acids is 1.